The van der Waals surface area contributed by atoms with Crippen LogP contribution in [0.2, 0.25) is 0 Å². The van der Waals surface area contributed by atoms with Crippen molar-refractivity contribution < 1.29 is 22.8 Å². The molecule has 0 aliphatic heterocycles. The molecule has 30 heavy (non-hydrogen) atoms. The molecular weight excluding hydrogens is 397 g/mol. The Hall–Kier alpha value is -3.23. The van der Waals surface area contributed by atoms with Gasteiger partial charge in [0.1, 0.15) is 11.4 Å². The van der Waals surface area contributed by atoms with Crippen molar-refractivity contribution in [2.24, 2.45) is 0 Å². The van der Waals surface area contributed by atoms with Crippen LogP contribution in [0.25, 0.3) is 6.08 Å². The molecule has 160 valence electrons. The van der Waals surface area contributed by atoms with Crippen molar-refractivity contribution in [3.8, 4) is 0 Å². The Morgan fingerprint density at radius 1 is 0.933 bits per heavy atom. The lowest BCUT2D eigenvalue weighted by atomic mass is 10.2. The maximum absolute atomic E-state index is 12.6. The number of halogens is 3. The van der Waals surface area contributed by atoms with Crippen molar-refractivity contribution in [1.82, 2.24) is 20.6 Å². The highest BCUT2D eigenvalue weighted by atomic mass is 19.4. The summed E-state index contributed by atoms with van der Waals surface area (Å²) in [5.41, 5.74) is -0.365. The minimum Gasteiger partial charge on any atom is -0.353 e. The van der Waals surface area contributed by atoms with E-state index in [1.54, 1.807) is 24.4 Å². The van der Waals surface area contributed by atoms with Gasteiger partial charge in [-0.25, -0.2) is 0 Å². The van der Waals surface area contributed by atoms with Crippen LogP contribution in [0.5, 0.6) is 0 Å². The van der Waals surface area contributed by atoms with Gasteiger partial charge in [-0.05, 0) is 48.7 Å². The molecule has 0 aliphatic carbocycles. The summed E-state index contributed by atoms with van der Waals surface area (Å²) in [4.78, 5) is 30.8. The normalized spacial score (nSPS) is 11.4. The highest BCUT2D eigenvalue weighted by Gasteiger charge is 2.32. The van der Waals surface area contributed by atoms with Gasteiger partial charge in [0, 0.05) is 31.6 Å². The highest BCUT2D eigenvalue weighted by molar-refractivity contribution is 5.92. The summed E-state index contributed by atoms with van der Waals surface area (Å²) in [6, 6.07) is 7.43. The van der Waals surface area contributed by atoms with Crippen LogP contribution in [0.15, 0.2) is 48.8 Å². The summed E-state index contributed by atoms with van der Waals surface area (Å²) in [5, 5.41) is 5.49. The lowest BCUT2D eigenvalue weighted by Crippen LogP contribution is -2.25. The quantitative estimate of drug-likeness (QED) is 0.454. The molecule has 2 amide bonds. The lowest BCUT2D eigenvalue weighted by molar-refractivity contribution is -0.141. The smallest absolute Gasteiger partial charge is 0.353 e. The number of nitrogens with one attached hydrogen (secondary N) is 2. The van der Waals surface area contributed by atoms with Crippen molar-refractivity contribution >= 4 is 17.9 Å². The third kappa shape index (κ3) is 8.42. The van der Waals surface area contributed by atoms with Gasteiger partial charge in [0.05, 0.1) is 0 Å². The highest BCUT2D eigenvalue weighted by Crippen LogP contribution is 2.27. The second kappa shape index (κ2) is 11.7. The maximum Gasteiger partial charge on any atom is 0.433 e. The van der Waals surface area contributed by atoms with E-state index in [4.69, 9.17) is 0 Å². The number of rotatable bonds is 10. The van der Waals surface area contributed by atoms with Crippen LogP contribution in [0.1, 0.15) is 47.4 Å². The predicted molar refractivity (Wildman–Crippen MR) is 106 cm³/mol. The van der Waals surface area contributed by atoms with Gasteiger partial charge in [-0.2, -0.15) is 13.2 Å². The van der Waals surface area contributed by atoms with Gasteiger partial charge in [-0.15, -0.1) is 0 Å². The van der Waals surface area contributed by atoms with Crippen molar-refractivity contribution in [3.05, 3.63) is 65.8 Å². The summed E-state index contributed by atoms with van der Waals surface area (Å²) >= 11 is 0. The number of pyridine rings is 2. The number of nitrogens with zero attached hydrogens (tertiary/aromatic N) is 2. The average Bonchev–Trinajstić information content (AvgIpc) is 2.74. The monoisotopic (exact) mass is 420 g/mol. The molecule has 0 atom stereocenters. The van der Waals surface area contributed by atoms with Gasteiger partial charge >= 0.3 is 6.18 Å². The first kappa shape index (κ1) is 23.1. The number of amides is 2. The van der Waals surface area contributed by atoms with E-state index in [2.05, 4.69) is 20.6 Å². The topological polar surface area (TPSA) is 84.0 Å². The second-order valence-electron chi connectivity index (χ2n) is 6.48. The molecule has 6 nitrogen and oxygen atoms in total. The standard InChI is InChI=1S/C21H23F3N4O2/c22-21(23,24)18-15-16(10-14-26-18)8-9-19(29)27-12-4-1-2-5-13-28-20(30)17-7-3-6-11-25-17/h3,6-11,14-15H,1-2,4-5,12-13H2,(H,27,29)(H,28,30). The van der Waals surface area contributed by atoms with Crippen molar-refractivity contribution in [3.63, 3.8) is 0 Å². The van der Waals surface area contributed by atoms with Gasteiger partial charge in [-0.3, -0.25) is 19.6 Å². The average molecular weight is 420 g/mol. The predicted octanol–water partition coefficient (Wildman–Crippen LogP) is 3.62. The van der Waals surface area contributed by atoms with Crippen LogP contribution < -0.4 is 10.6 Å². The molecule has 0 aliphatic rings. The Morgan fingerprint density at radius 2 is 1.67 bits per heavy atom. The Kier molecular flexibility index (Phi) is 8.99. The van der Waals surface area contributed by atoms with Gasteiger partial charge in [0.25, 0.3) is 5.91 Å². The maximum atomic E-state index is 12.6. The van der Waals surface area contributed by atoms with Crippen LogP contribution in [-0.4, -0.2) is 34.9 Å². The number of carbonyl (C=O) groups is 2. The minimum absolute atomic E-state index is 0.203. The Balaban J connectivity index is 1.56. The van der Waals surface area contributed by atoms with E-state index in [0.717, 1.165) is 37.9 Å². The number of carbonyl (C=O) groups excluding carboxylic acids is 2. The largest absolute Gasteiger partial charge is 0.433 e. The molecule has 0 radical (unpaired) electrons. The molecule has 2 heterocycles. The zero-order valence-corrected chi connectivity index (χ0v) is 16.3. The fourth-order valence-corrected chi connectivity index (χ4v) is 2.54. The van der Waals surface area contributed by atoms with E-state index in [-0.39, 0.29) is 17.4 Å². The van der Waals surface area contributed by atoms with Gasteiger partial charge in [0.15, 0.2) is 0 Å². The molecule has 0 spiro atoms. The van der Waals surface area contributed by atoms with Gasteiger partial charge in [-0.1, -0.05) is 18.9 Å². The third-order valence-corrected chi connectivity index (χ3v) is 4.09. The molecule has 2 rings (SSSR count). The zero-order chi connectivity index (χ0) is 21.8. The number of hydrogen-bond acceptors (Lipinski definition) is 4. The van der Waals surface area contributed by atoms with E-state index in [9.17, 15) is 22.8 Å². The molecule has 0 aromatic carbocycles. The number of hydrogen-bond donors (Lipinski definition) is 2. The van der Waals surface area contributed by atoms with Crippen LogP contribution in [0.4, 0.5) is 13.2 Å². The second-order valence-corrected chi connectivity index (χ2v) is 6.48. The zero-order valence-electron chi connectivity index (χ0n) is 16.3. The Morgan fingerprint density at radius 3 is 2.33 bits per heavy atom. The van der Waals surface area contributed by atoms with Gasteiger partial charge in [0.2, 0.25) is 5.91 Å². The molecule has 2 aromatic heterocycles. The van der Waals surface area contributed by atoms with Crippen LogP contribution in [0.3, 0.4) is 0 Å². The lowest BCUT2D eigenvalue weighted by Gasteiger charge is -2.06. The van der Waals surface area contributed by atoms with E-state index in [0.29, 0.717) is 18.8 Å². The number of unbranched alkanes of at least 4 members (excludes halogenated alkanes) is 3. The first-order chi connectivity index (χ1) is 14.4. The number of alkyl halides is 3. The van der Waals surface area contributed by atoms with Crippen molar-refractivity contribution in [2.45, 2.75) is 31.9 Å². The van der Waals surface area contributed by atoms with Crippen LogP contribution in [0, 0.1) is 0 Å². The fraction of sp³-hybridized carbons (Fsp3) is 0.333. The molecular formula is C21H23F3N4O2. The fourth-order valence-electron chi connectivity index (χ4n) is 2.54. The van der Waals surface area contributed by atoms with Crippen molar-refractivity contribution in [1.29, 1.82) is 0 Å². The molecule has 0 saturated heterocycles. The first-order valence-corrected chi connectivity index (χ1v) is 9.54. The summed E-state index contributed by atoms with van der Waals surface area (Å²) in [6.45, 7) is 1.02. The molecule has 0 saturated carbocycles. The molecule has 0 unspecified atom stereocenters. The SMILES string of the molecule is O=C(C=Cc1ccnc(C(F)(F)F)c1)NCCCCCCNC(=O)c1ccccn1. The summed E-state index contributed by atoms with van der Waals surface area (Å²) in [7, 11) is 0. The Labute approximate surface area is 172 Å². The third-order valence-electron chi connectivity index (χ3n) is 4.09. The van der Waals surface area contributed by atoms with E-state index in [1.807, 2.05) is 0 Å². The van der Waals surface area contributed by atoms with Gasteiger partial charge < -0.3 is 10.6 Å². The molecule has 2 aromatic rings. The van der Waals surface area contributed by atoms with E-state index >= 15 is 0 Å². The number of aromatic nitrogens is 2. The van der Waals surface area contributed by atoms with Crippen molar-refractivity contribution in [2.75, 3.05) is 13.1 Å². The molecule has 2 N–H and O–H groups in total. The molecule has 0 fully saturated rings. The molecule has 9 heteroatoms. The minimum atomic E-state index is -4.52. The summed E-state index contributed by atoms with van der Waals surface area (Å²) in [6.07, 6.45) is 3.96. The molecule has 0 bridgehead atoms. The first-order valence-electron chi connectivity index (χ1n) is 9.54. The Bertz CT molecular complexity index is 855. The van der Waals surface area contributed by atoms with Crippen LogP contribution in [-0.2, 0) is 11.0 Å². The van der Waals surface area contributed by atoms with Crippen LogP contribution >= 0.6 is 0 Å². The summed E-state index contributed by atoms with van der Waals surface area (Å²) < 4.78 is 37.8. The van der Waals surface area contributed by atoms with E-state index in [1.165, 1.54) is 18.2 Å². The van der Waals surface area contributed by atoms with E-state index < -0.39 is 11.9 Å². The summed E-state index contributed by atoms with van der Waals surface area (Å²) in [5.74, 6) is -0.575.